The highest BCUT2D eigenvalue weighted by Crippen LogP contribution is 2.35. The van der Waals surface area contributed by atoms with E-state index in [-0.39, 0.29) is 11.5 Å². The van der Waals surface area contributed by atoms with Gasteiger partial charge in [0, 0.05) is 6.04 Å². The Balaban J connectivity index is 3.03. The Morgan fingerprint density at radius 3 is 2.44 bits per heavy atom. The van der Waals surface area contributed by atoms with Crippen LogP contribution in [-0.2, 0) is 0 Å². The summed E-state index contributed by atoms with van der Waals surface area (Å²) in [7, 11) is 0. The van der Waals surface area contributed by atoms with E-state index in [0.717, 1.165) is 6.42 Å². The standard InChI is InChI=1S/C14H24N2/c1-10-5-6-11(2)12(9-10)13(16)14(3,4)7-8-15/h5-6,9,13H,7-8,15-16H2,1-4H3. The largest absolute Gasteiger partial charge is 0.330 e. The van der Waals surface area contributed by atoms with Gasteiger partial charge >= 0.3 is 0 Å². The molecule has 1 aromatic rings. The van der Waals surface area contributed by atoms with Crippen LogP contribution in [0.1, 0.15) is 43.0 Å². The molecule has 4 N–H and O–H groups in total. The van der Waals surface area contributed by atoms with E-state index in [1.165, 1.54) is 16.7 Å². The van der Waals surface area contributed by atoms with Crippen LogP contribution in [0.25, 0.3) is 0 Å². The third-order valence-electron chi connectivity index (χ3n) is 3.40. The quantitative estimate of drug-likeness (QED) is 0.819. The fourth-order valence-electron chi connectivity index (χ4n) is 2.04. The van der Waals surface area contributed by atoms with Gasteiger partial charge in [-0.25, -0.2) is 0 Å². The van der Waals surface area contributed by atoms with E-state index in [4.69, 9.17) is 11.5 Å². The van der Waals surface area contributed by atoms with Gasteiger partial charge in [0.15, 0.2) is 0 Å². The van der Waals surface area contributed by atoms with Gasteiger partial charge in [0.05, 0.1) is 0 Å². The molecular weight excluding hydrogens is 196 g/mol. The molecule has 16 heavy (non-hydrogen) atoms. The third-order valence-corrected chi connectivity index (χ3v) is 3.40. The molecule has 0 heterocycles. The van der Waals surface area contributed by atoms with Crippen molar-refractivity contribution in [3.63, 3.8) is 0 Å². The van der Waals surface area contributed by atoms with Crippen molar-refractivity contribution in [2.45, 2.75) is 40.2 Å². The van der Waals surface area contributed by atoms with E-state index in [1.54, 1.807) is 0 Å². The second kappa shape index (κ2) is 4.98. The van der Waals surface area contributed by atoms with Crippen LogP contribution < -0.4 is 11.5 Å². The first-order chi connectivity index (χ1) is 7.38. The molecule has 1 rings (SSSR count). The maximum Gasteiger partial charge on any atom is 0.0349 e. The molecule has 2 heteroatoms. The van der Waals surface area contributed by atoms with E-state index in [1.807, 2.05) is 0 Å². The molecule has 0 fully saturated rings. The van der Waals surface area contributed by atoms with Crippen molar-refractivity contribution in [1.82, 2.24) is 0 Å². The lowest BCUT2D eigenvalue weighted by atomic mass is 9.77. The second-order valence-electron chi connectivity index (χ2n) is 5.36. The van der Waals surface area contributed by atoms with E-state index >= 15 is 0 Å². The van der Waals surface area contributed by atoms with Crippen LogP contribution in [0.5, 0.6) is 0 Å². The minimum Gasteiger partial charge on any atom is -0.330 e. The molecule has 0 amide bonds. The smallest absolute Gasteiger partial charge is 0.0349 e. The lowest BCUT2D eigenvalue weighted by Crippen LogP contribution is -2.32. The molecule has 0 aromatic heterocycles. The highest BCUT2D eigenvalue weighted by Gasteiger charge is 2.27. The first-order valence-corrected chi connectivity index (χ1v) is 5.91. The summed E-state index contributed by atoms with van der Waals surface area (Å²) in [6, 6.07) is 6.51. The number of nitrogens with two attached hydrogens (primary N) is 2. The van der Waals surface area contributed by atoms with Gasteiger partial charge in [-0.2, -0.15) is 0 Å². The first-order valence-electron chi connectivity index (χ1n) is 5.91. The van der Waals surface area contributed by atoms with Crippen LogP contribution in [-0.4, -0.2) is 6.54 Å². The Kier molecular flexibility index (Phi) is 4.11. The molecule has 90 valence electrons. The predicted octanol–water partition coefficient (Wildman–Crippen LogP) is 2.68. The Labute approximate surface area is 99.0 Å². The molecule has 0 bridgehead atoms. The summed E-state index contributed by atoms with van der Waals surface area (Å²) in [5.41, 5.74) is 15.8. The van der Waals surface area contributed by atoms with Gasteiger partial charge in [-0.15, -0.1) is 0 Å². The molecule has 2 nitrogen and oxygen atoms in total. The fourth-order valence-corrected chi connectivity index (χ4v) is 2.04. The van der Waals surface area contributed by atoms with Crippen LogP contribution in [0.2, 0.25) is 0 Å². The lowest BCUT2D eigenvalue weighted by molar-refractivity contribution is 0.270. The van der Waals surface area contributed by atoms with Crippen LogP contribution in [0.15, 0.2) is 18.2 Å². The van der Waals surface area contributed by atoms with Crippen molar-refractivity contribution in [3.05, 3.63) is 34.9 Å². The highest BCUT2D eigenvalue weighted by atomic mass is 14.7. The normalized spacial score (nSPS) is 13.9. The zero-order valence-electron chi connectivity index (χ0n) is 10.9. The van der Waals surface area contributed by atoms with Crippen molar-refractivity contribution in [1.29, 1.82) is 0 Å². The Hall–Kier alpha value is -0.860. The van der Waals surface area contributed by atoms with Crippen molar-refractivity contribution >= 4 is 0 Å². The second-order valence-corrected chi connectivity index (χ2v) is 5.36. The molecule has 1 unspecified atom stereocenters. The molecule has 0 radical (unpaired) electrons. The number of aryl methyl sites for hydroxylation is 2. The van der Waals surface area contributed by atoms with E-state index in [0.29, 0.717) is 6.54 Å². The van der Waals surface area contributed by atoms with Gasteiger partial charge in [0.1, 0.15) is 0 Å². The molecule has 0 aliphatic rings. The van der Waals surface area contributed by atoms with Crippen molar-refractivity contribution in [2.75, 3.05) is 6.54 Å². The molecular formula is C14H24N2. The van der Waals surface area contributed by atoms with Crippen molar-refractivity contribution < 1.29 is 0 Å². The van der Waals surface area contributed by atoms with Crippen LogP contribution in [0, 0.1) is 19.3 Å². The summed E-state index contributed by atoms with van der Waals surface area (Å²) in [5.74, 6) is 0. The number of rotatable bonds is 4. The van der Waals surface area contributed by atoms with Gasteiger partial charge in [-0.05, 0) is 43.4 Å². The summed E-state index contributed by atoms with van der Waals surface area (Å²) in [5, 5.41) is 0. The molecule has 1 aromatic carbocycles. The predicted molar refractivity (Wildman–Crippen MR) is 70.3 cm³/mol. The average molecular weight is 220 g/mol. The molecule has 0 aliphatic carbocycles. The summed E-state index contributed by atoms with van der Waals surface area (Å²) >= 11 is 0. The summed E-state index contributed by atoms with van der Waals surface area (Å²) in [6.07, 6.45) is 0.946. The molecule has 0 spiro atoms. The minimum absolute atomic E-state index is 0.0489. The summed E-state index contributed by atoms with van der Waals surface area (Å²) < 4.78 is 0. The van der Waals surface area contributed by atoms with Gasteiger partial charge in [-0.1, -0.05) is 37.6 Å². The third kappa shape index (κ3) is 2.83. The summed E-state index contributed by atoms with van der Waals surface area (Å²) in [4.78, 5) is 0. The Morgan fingerprint density at radius 2 is 1.88 bits per heavy atom. The average Bonchev–Trinajstić information content (AvgIpc) is 2.20. The monoisotopic (exact) mass is 220 g/mol. The minimum atomic E-state index is 0.0489. The molecule has 0 aliphatic heterocycles. The highest BCUT2D eigenvalue weighted by molar-refractivity contribution is 5.33. The van der Waals surface area contributed by atoms with E-state index < -0.39 is 0 Å². The Bertz CT molecular complexity index is 356. The van der Waals surface area contributed by atoms with Gasteiger partial charge in [0.2, 0.25) is 0 Å². The zero-order valence-corrected chi connectivity index (χ0v) is 10.9. The lowest BCUT2D eigenvalue weighted by Gasteiger charge is -2.32. The number of benzene rings is 1. The topological polar surface area (TPSA) is 52.0 Å². The Morgan fingerprint density at radius 1 is 1.25 bits per heavy atom. The van der Waals surface area contributed by atoms with Crippen LogP contribution in [0.3, 0.4) is 0 Å². The molecule has 0 saturated heterocycles. The van der Waals surface area contributed by atoms with Crippen LogP contribution >= 0.6 is 0 Å². The van der Waals surface area contributed by atoms with E-state index in [2.05, 4.69) is 45.9 Å². The van der Waals surface area contributed by atoms with Gasteiger partial charge in [-0.3, -0.25) is 0 Å². The SMILES string of the molecule is Cc1ccc(C)c(C(N)C(C)(C)CCN)c1. The maximum atomic E-state index is 6.37. The number of hydrogen-bond donors (Lipinski definition) is 2. The first kappa shape index (κ1) is 13.2. The van der Waals surface area contributed by atoms with Crippen molar-refractivity contribution in [3.8, 4) is 0 Å². The van der Waals surface area contributed by atoms with Gasteiger partial charge in [0.25, 0.3) is 0 Å². The van der Waals surface area contributed by atoms with Crippen molar-refractivity contribution in [2.24, 2.45) is 16.9 Å². The van der Waals surface area contributed by atoms with Crippen LogP contribution in [0.4, 0.5) is 0 Å². The number of hydrogen-bond acceptors (Lipinski definition) is 2. The summed E-state index contributed by atoms with van der Waals surface area (Å²) in [6.45, 7) is 9.28. The zero-order chi connectivity index (χ0) is 12.3. The molecule has 0 saturated carbocycles. The molecule has 1 atom stereocenters. The van der Waals surface area contributed by atoms with E-state index in [9.17, 15) is 0 Å². The van der Waals surface area contributed by atoms with Gasteiger partial charge < -0.3 is 11.5 Å². The maximum absolute atomic E-state index is 6.37. The fraction of sp³-hybridized carbons (Fsp3) is 0.571.